The molecule has 6 rings (SSSR count). The molecule has 0 amide bonds. The van der Waals surface area contributed by atoms with Crippen LogP contribution in [-0.4, -0.2) is 24.9 Å². The van der Waals surface area contributed by atoms with Gasteiger partial charge in [0.1, 0.15) is 5.78 Å². The molecule has 0 radical (unpaired) electrons. The van der Waals surface area contributed by atoms with Crippen LogP contribution < -0.4 is 0 Å². The molecule has 0 unspecified atom stereocenters. The Bertz CT molecular complexity index is 1410. The predicted octanol–water partition coefficient (Wildman–Crippen LogP) is 4.92. The van der Waals surface area contributed by atoms with Crippen LogP contribution in [0.3, 0.4) is 0 Å². The van der Waals surface area contributed by atoms with Crippen molar-refractivity contribution in [3.63, 3.8) is 0 Å². The monoisotopic (exact) mass is 406 g/mol. The van der Waals surface area contributed by atoms with Crippen LogP contribution in [0.1, 0.15) is 24.2 Å². The summed E-state index contributed by atoms with van der Waals surface area (Å²) in [5.41, 5.74) is 5.32. The average Bonchev–Trinajstić information content (AvgIpc) is 3.46. The Labute approximate surface area is 180 Å². The maximum atomic E-state index is 12.2. The van der Waals surface area contributed by atoms with E-state index < -0.39 is 0 Å². The number of benzene rings is 2. The van der Waals surface area contributed by atoms with E-state index in [0.29, 0.717) is 12.2 Å². The van der Waals surface area contributed by atoms with E-state index in [2.05, 4.69) is 75.4 Å². The summed E-state index contributed by atoms with van der Waals surface area (Å²) in [6.45, 7) is 0.848. The molecular weight excluding hydrogens is 384 g/mol. The first kappa shape index (κ1) is 18.1. The van der Waals surface area contributed by atoms with Crippen molar-refractivity contribution >= 4 is 22.3 Å². The Balaban J connectivity index is 1.35. The van der Waals surface area contributed by atoms with Crippen LogP contribution in [0.15, 0.2) is 79.0 Å². The van der Waals surface area contributed by atoms with E-state index in [4.69, 9.17) is 0 Å². The van der Waals surface area contributed by atoms with Crippen molar-refractivity contribution in [3.8, 4) is 11.3 Å². The van der Waals surface area contributed by atoms with Gasteiger partial charge in [0.05, 0.1) is 12.1 Å². The van der Waals surface area contributed by atoms with Gasteiger partial charge in [0.25, 0.3) is 0 Å². The fraction of sp³-hybridized carbons (Fsp3) is 0.192. The third-order valence-electron chi connectivity index (χ3n) is 6.03. The number of hydrogen-bond acceptors (Lipinski definition) is 3. The summed E-state index contributed by atoms with van der Waals surface area (Å²) in [6.07, 6.45) is 4.50. The predicted molar refractivity (Wildman–Crippen MR) is 121 cm³/mol. The van der Waals surface area contributed by atoms with Crippen molar-refractivity contribution in [3.05, 3.63) is 90.4 Å². The summed E-state index contributed by atoms with van der Waals surface area (Å²) in [7, 11) is 0. The van der Waals surface area contributed by atoms with Crippen molar-refractivity contribution in [1.82, 2.24) is 19.2 Å². The lowest BCUT2D eigenvalue weighted by Gasteiger charge is -2.08. The first-order chi connectivity index (χ1) is 15.2. The summed E-state index contributed by atoms with van der Waals surface area (Å²) in [4.78, 5) is 16.8. The summed E-state index contributed by atoms with van der Waals surface area (Å²) in [6, 6.07) is 25.1. The van der Waals surface area contributed by atoms with Gasteiger partial charge >= 0.3 is 0 Å². The van der Waals surface area contributed by atoms with Gasteiger partial charge in [-0.2, -0.15) is 5.10 Å². The van der Waals surface area contributed by atoms with Crippen LogP contribution in [0.2, 0.25) is 0 Å². The van der Waals surface area contributed by atoms with E-state index in [1.165, 1.54) is 16.5 Å². The number of ketones is 1. The van der Waals surface area contributed by atoms with Crippen molar-refractivity contribution in [2.24, 2.45) is 5.92 Å². The summed E-state index contributed by atoms with van der Waals surface area (Å²) in [5, 5.41) is 5.85. The molecule has 3 heterocycles. The molecule has 2 aromatic carbocycles. The van der Waals surface area contributed by atoms with Crippen LogP contribution in [0.4, 0.5) is 0 Å². The molecule has 1 fully saturated rings. The van der Waals surface area contributed by atoms with Crippen molar-refractivity contribution in [2.75, 3.05) is 0 Å². The number of pyridine rings is 1. The maximum absolute atomic E-state index is 12.2. The zero-order chi connectivity index (χ0) is 20.8. The topological polar surface area (TPSA) is 52.2 Å². The van der Waals surface area contributed by atoms with E-state index in [1.54, 1.807) is 0 Å². The molecule has 1 aliphatic rings. The van der Waals surface area contributed by atoms with Crippen molar-refractivity contribution in [1.29, 1.82) is 0 Å². The normalized spacial score (nSPS) is 13.8. The van der Waals surface area contributed by atoms with Gasteiger partial charge in [-0.1, -0.05) is 42.5 Å². The van der Waals surface area contributed by atoms with Gasteiger partial charge in [-0.15, -0.1) is 0 Å². The van der Waals surface area contributed by atoms with Gasteiger partial charge in [-0.3, -0.25) is 4.79 Å². The minimum absolute atomic E-state index is 0.230. The number of rotatable bonds is 6. The van der Waals surface area contributed by atoms with Gasteiger partial charge in [0, 0.05) is 35.1 Å². The molecule has 0 spiro atoms. The van der Waals surface area contributed by atoms with E-state index in [-0.39, 0.29) is 11.7 Å². The third-order valence-corrected chi connectivity index (χ3v) is 6.03. The molecule has 0 atom stereocenters. The van der Waals surface area contributed by atoms with Crippen LogP contribution in [0, 0.1) is 5.92 Å². The van der Waals surface area contributed by atoms with Gasteiger partial charge in [-0.05, 0) is 48.7 Å². The van der Waals surface area contributed by atoms with Gasteiger partial charge < -0.3 is 4.57 Å². The van der Waals surface area contributed by atoms with Crippen LogP contribution in [0.5, 0.6) is 0 Å². The average molecular weight is 406 g/mol. The SMILES string of the molecule is O=C(Cc1nc2cccc(-c3ccc4c(ccn4Cc4ccccc4)c3)n2n1)C1CC1. The molecule has 0 N–H and O–H groups in total. The smallest absolute Gasteiger partial charge is 0.159 e. The molecule has 1 aliphatic carbocycles. The molecule has 5 aromatic rings. The van der Waals surface area contributed by atoms with Crippen molar-refractivity contribution < 1.29 is 4.79 Å². The Morgan fingerprint density at radius 1 is 0.968 bits per heavy atom. The molecular formula is C26H22N4O. The zero-order valence-electron chi connectivity index (χ0n) is 17.1. The number of nitrogens with zero attached hydrogens (tertiary/aromatic N) is 4. The summed E-state index contributed by atoms with van der Waals surface area (Å²) < 4.78 is 4.13. The highest BCUT2D eigenvalue weighted by Crippen LogP contribution is 2.31. The van der Waals surface area contributed by atoms with Crippen LogP contribution >= 0.6 is 0 Å². The van der Waals surface area contributed by atoms with E-state index in [0.717, 1.165) is 36.3 Å². The minimum atomic E-state index is 0.230. The fourth-order valence-corrected chi connectivity index (χ4v) is 4.23. The summed E-state index contributed by atoms with van der Waals surface area (Å²) in [5.74, 6) is 1.10. The molecule has 3 aromatic heterocycles. The first-order valence-electron chi connectivity index (χ1n) is 10.8. The largest absolute Gasteiger partial charge is 0.343 e. The maximum Gasteiger partial charge on any atom is 0.159 e. The Morgan fingerprint density at radius 2 is 1.84 bits per heavy atom. The molecule has 0 bridgehead atoms. The summed E-state index contributed by atoms with van der Waals surface area (Å²) >= 11 is 0. The second kappa shape index (κ2) is 7.20. The second-order valence-electron chi connectivity index (χ2n) is 8.33. The number of Topliss-reactive ketones (excluding diaryl/α,β-unsaturated/α-hetero) is 1. The lowest BCUT2D eigenvalue weighted by molar-refractivity contribution is -0.119. The highest BCUT2D eigenvalue weighted by Gasteiger charge is 2.30. The van der Waals surface area contributed by atoms with Crippen LogP contribution in [-0.2, 0) is 17.8 Å². The number of carbonyl (C=O) groups is 1. The zero-order valence-corrected chi connectivity index (χ0v) is 17.1. The van der Waals surface area contributed by atoms with Crippen LogP contribution in [0.25, 0.3) is 27.8 Å². The molecule has 0 aliphatic heterocycles. The second-order valence-corrected chi connectivity index (χ2v) is 8.33. The minimum Gasteiger partial charge on any atom is -0.343 e. The Morgan fingerprint density at radius 3 is 2.68 bits per heavy atom. The number of carbonyl (C=O) groups excluding carboxylic acids is 1. The first-order valence-corrected chi connectivity index (χ1v) is 10.8. The van der Waals surface area contributed by atoms with Crippen molar-refractivity contribution in [2.45, 2.75) is 25.8 Å². The van der Waals surface area contributed by atoms with Gasteiger partial charge in [-0.25, -0.2) is 9.50 Å². The third kappa shape index (κ3) is 3.42. The van der Waals surface area contributed by atoms with E-state index in [1.807, 2.05) is 22.7 Å². The highest BCUT2D eigenvalue weighted by atomic mass is 16.1. The molecule has 0 saturated heterocycles. The molecule has 31 heavy (non-hydrogen) atoms. The molecule has 1 saturated carbocycles. The Hall–Kier alpha value is -3.73. The standard InChI is InChI=1S/C26H22N4O/c31-24(19-9-10-19)16-25-27-26-8-4-7-23(30(26)28-25)20-11-12-22-21(15-20)13-14-29(22)17-18-5-2-1-3-6-18/h1-8,11-15,19H,9-10,16-17H2. The van der Waals surface area contributed by atoms with Gasteiger partial charge in [0.2, 0.25) is 0 Å². The highest BCUT2D eigenvalue weighted by molar-refractivity contribution is 5.86. The lowest BCUT2D eigenvalue weighted by Crippen LogP contribution is -2.06. The Kier molecular flexibility index (Phi) is 4.20. The fourth-order valence-electron chi connectivity index (χ4n) is 4.23. The molecule has 5 nitrogen and oxygen atoms in total. The number of fused-ring (bicyclic) bond motifs is 2. The van der Waals surface area contributed by atoms with Gasteiger partial charge in [0.15, 0.2) is 11.5 Å². The lowest BCUT2D eigenvalue weighted by atomic mass is 10.1. The number of aromatic nitrogens is 4. The number of hydrogen-bond donors (Lipinski definition) is 0. The van der Waals surface area contributed by atoms with E-state index >= 15 is 0 Å². The van der Waals surface area contributed by atoms with E-state index in [9.17, 15) is 4.79 Å². The molecule has 5 heteroatoms. The molecule has 152 valence electrons. The quantitative estimate of drug-likeness (QED) is 0.402.